The summed E-state index contributed by atoms with van der Waals surface area (Å²) < 4.78 is 9.76. The normalized spacial score (nSPS) is 12.8. The third kappa shape index (κ3) is 4.32. The molecule has 20 heavy (non-hydrogen) atoms. The predicted molar refractivity (Wildman–Crippen MR) is 70.5 cm³/mol. The third-order valence-electron chi connectivity index (χ3n) is 2.64. The van der Waals surface area contributed by atoms with Gasteiger partial charge in [0.2, 0.25) is 11.8 Å². The first-order valence-corrected chi connectivity index (χ1v) is 6.49. The largest absolute Gasteiger partial charge is 0.465 e. The smallest absolute Gasteiger partial charge is 0.319 e. The molecule has 0 saturated heterocycles. The second-order valence-corrected chi connectivity index (χ2v) is 5.50. The third-order valence-corrected chi connectivity index (χ3v) is 2.64. The number of hydrogen-bond donors (Lipinski definition) is 1. The fourth-order valence-corrected chi connectivity index (χ4v) is 1.76. The average molecular weight is 283 g/mol. The Balaban J connectivity index is 2.71. The van der Waals surface area contributed by atoms with Crippen LogP contribution in [-0.2, 0) is 20.9 Å². The van der Waals surface area contributed by atoms with E-state index in [0.29, 0.717) is 11.7 Å². The molecular weight excluding hydrogens is 262 g/mol. The van der Waals surface area contributed by atoms with Crippen molar-refractivity contribution in [1.82, 2.24) is 15.5 Å². The van der Waals surface area contributed by atoms with Crippen molar-refractivity contribution in [2.24, 2.45) is 11.3 Å². The molecule has 0 spiro atoms. The summed E-state index contributed by atoms with van der Waals surface area (Å²) in [5.74, 6) is -1.02. The van der Waals surface area contributed by atoms with Crippen molar-refractivity contribution in [2.45, 2.75) is 41.2 Å². The van der Waals surface area contributed by atoms with Gasteiger partial charge in [0.05, 0.1) is 13.2 Å². The van der Waals surface area contributed by atoms with Gasteiger partial charge in [-0.2, -0.15) is 4.98 Å². The lowest BCUT2D eigenvalue weighted by atomic mass is 9.80. The maximum Gasteiger partial charge on any atom is 0.319 e. The van der Waals surface area contributed by atoms with Crippen molar-refractivity contribution in [3.8, 4) is 0 Å². The molecule has 1 amide bonds. The Morgan fingerprint density at radius 2 is 2.05 bits per heavy atom. The maximum atomic E-state index is 12.2. The molecular formula is C13H21N3O4. The van der Waals surface area contributed by atoms with E-state index in [2.05, 4.69) is 15.5 Å². The van der Waals surface area contributed by atoms with E-state index in [1.165, 1.54) is 0 Å². The van der Waals surface area contributed by atoms with Crippen molar-refractivity contribution in [2.75, 3.05) is 6.61 Å². The molecule has 1 atom stereocenters. The number of aromatic nitrogens is 2. The van der Waals surface area contributed by atoms with Crippen LogP contribution in [-0.4, -0.2) is 28.6 Å². The van der Waals surface area contributed by atoms with Gasteiger partial charge in [-0.15, -0.1) is 0 Å². The van der Waals surface area contributed by atoms with Gasteiger partial charge in [-0.1, -0.05) is 25.9 Å². The molecule has 1 N–H and O–H groups in total. The summed E-state index contributed by atoms with van der Waals surface area (Å²) in [4.78, 5) is 28.1. The molecule has 0 aliphatic rings. The van der Waals surface area contributed by atoms with Crippen molar-refractivity contribution in [3.05, 3.63) is 11.7 Å². The van der Waals surface area contributed by atoms with E-state index in [0.717, 1.165) is 0 Å². The first kappa shape index (κ1) is 16.1. The summed E-state index contributed by atoms with van der Waals surface area (Å²) in [6.45, 7) is 9.16. The van der Waals surface area contributed by atoms with E-state index >= 15 is 0 Å². The van der Waals surface area contributed by atoms with Gasteiger partial charge in [-0.3, -0.25) is 9.59 Å². The van der Waals surface area contributed by atoms with Crippen LogP contribution in [0.3, 0.4) is 0 Å². The van der Waals surface area contributed by atoms with Gasteiger partial charge in [-0.05, 0) is 12.3 Å². The maximum absolute atomic E-state index is 12.2. The van der Waals surface area contributed by atoms with Crippen LogP contribution in [0.25, 0.3) is 0 Å². The highest BCUT2D eigenvalue weighted by molar-refractivity contribution is 5.98. The minimum atomic E-state index is -0.879. The van der Waals surface area contributed by atoms with Crippen LogP contribution in [0.5, 0.6) is 0 Å². The number of carbonyl (C=O) groups excluding carboxylic acids is 2. The Morgan fingerprint density at radius 1 is 1.40 bits per heavy atom. The molecule has 0 aromatic carbocycles. The number of esters is 1. The number of nitrogens with zero attached hydrogens (tertiary/aromatic N) is 2. The van der Waals surface area contributed by atoms with Gasteiger partial charge >= 0.3 is 5.97 Å². The molecule has 1 aromatic rings. The molecule has 1 rings (SSSR count). The van der Waals surface area contributed by atoms with Crippen molar-refractivity contribution in [1.29, 1.82) is 0 Å². The zero-order chi connectivity index (χ0) is 15.3. The Bertz CT molecular complexity index is 476. The topological polar surface area (TPSA) is 94.3 Å². The van der Waals surface area contributed by atoms with Crippen molar-refractivity contribution < 1.29 is 18.8 Å². The monoisotopic (exact) mass is 283 g/mol. The van der Waals surface area contributed by atoms with Gasteiger partial charge in [-0.25, -0.2) is 0 Å². The van der Waals surface area contributed by atoms with E-state index in [9.17, 15) is 9.59 Å². The Morgan fingerprint density at radius 3 is 2.50 bits per heavy atom. The van der Waals surface area contributed by atoms with Gasteiger partial charge in [0.1, 0.15) is 5.92 Å². The lowest BCUT2D eigenvalue weighted by molar-refractivity contribution is -0.156. The van der Waals surface area contributed by atoms with Crippen LogP contribution in [0.1, 0.15) is 39.4 Å². The summed E-state index contributed by atoms with van der Waals surface area (Å²) >= 11 is 0. The molecule has 7 nitrogen and oxygen atoms in total. The molecule has 0 aliphatic carbocycles. The summed E-state index contributed by atoms with van der Waals surface area (Å²) in [7, 11) is 0. The van der Waals surface area contributed by atoms with Crippen LogP contribution < -0.4 is 5.32 Å². The molecule has 0 radical (unpaired) electrons. The molecule has 1 unspecified atom stereocenters. The molecule has 0 bridgehead atoms. The molecule has 1 heterocycles. The summed E-state index contributed by atoms with van der Waals surface area (Å²) in [6, 6.07) is 0. The number of amides is 1. The summed E-state index contributed by atoms with van der Waals surface area (Å²) in [5, 5.41) is 6.31. The van der Waals surface area contributed by atoms with Crippen LogP contribution in [0, 0.1) is 18.3 Å². The van der Waals surface area contributed by atoms with E-state index < -0.39 is 23.2 Å². The highest BCUT2D eigenvalue weighted by atomic mass is 16.5. The Kier molecular flexibility index (Phi) is 5.24. The standard InChI is InChI=1S/C13H21N3O4/c1-6-19-12(18)10(13(3,4)5)11(17)14-7-9-15-8(2)20-16-9/h10H,6-7H2,1-5H3,(H,14,17). The molecule has 0 saturated carbocycles. The van der Waals surface area contributed by atoms with Gasteiger partial charge in [0.15, 0.2) is 5.82 Å². The number of ether oxygens (including phenoxy) is 1. The minimum Gasteiger partial charge on any atom is -0.465 e. The zero-order valence-electron chi connectivity index (χ0n) is 12.5. The second-order valence-electron chi connectivity index (χ2n) is 5.50. The fraction of sp³-hybridized carbons (Fsp3) is 0.692. The molecule has 1 aromatic heterocycles. The highest BCUT2D eigenvalue weighted by Crippen LogP contribution is 2.27. The van der Waals surface area contributed by atoms with Crippen molar-refractivity contribution >= 4 is 11.9 Å². The van der Waals surface area contributed by atoms with Crippen molar-refractivity contribution in [3.63, 3.8) is 0 Å². The SMILES string of the molecule is CCOC(=O)C(C(=O)NCc1noc(C)n1)C(C)(C)C. The summed E-state index contributed by atoms with van der Waals surface area (Å²) in [6.07, 6.45) is 0. The minimum absolute atomic E-state index is 0.113. The molecule has 7 heteroatoms. The molecule has 112 valence electrons. The first-order valence-electron chi connectivity index (χ1n) is 6.49. The van der Waals surface area contributed by atoms with Crippen LogP contribution >= 0.6 is 0 Å². The van der Waals surface area contributed by atoms with Gasteiger partial charge < -0.3 is 14.6 Å². The second kappa shape index (κ2) is 6.49. The van der Waals surface area contributed by atoms with E-state index in [4.69, 9.17) is 9.26 Å². The predicted octanol–water partition coefficient (Wildman–Crippen LogP) is 1.22. The lowest BCUT2D eigenvalue weighted by Gasteiger charge is -2.27. The van der Waals surface area contributed by atoms with Crippen LogP contribution in [0.2, 0.25) is 0 Å². The number of carbonyl (C=O) groups is 2. The highest BCUT2D eigenvalue weighted by Gasteiger charge is 2.38. The van der Waals surface area contributed by atoms with Crippen LogP contribution in [0.4, 0.5) is 0 Å². The number of hydrogen-bond acceptors (Lipinski definition) is 6. The summed E-state index contributed by atoms with van der Waals surface area (Å²) in [5.41, 5.74) is -0.538. The van der Waals surface area contributed by atoms with Gasteiger partial charge in [0.25, 0.3) is 0 Å². The Hall–Kier alpha value is -1.92. The van der Waals surface area contributed by atoms with Gasteiger partial charge in [0, 0.05) is 6.92 Å². The average Bonchev–Trinajstić information content (AvgIpc) is 2.71. The van der Waals surface area contributed by atoms with E-state index in [-0.39, 0.29) is 13.2 Å². The number of nitrogens with one attached hydrogen (secondary N) is 1. The van der Waals surface area contributed by atoms with E-state index in [1.807, 2.05) is 20.8 Å². The molecule has 0 aliphatic heterocycles. The Labute approximate surface area is 118 Å². The first-order chi connectivity index (χ1) is 9.25. The van der Waals surface area contributed by atoms with E-state index in [1.54, 1.807) is 13.8 Å². The zero-order valence-corrected chi connectivity index (χ0v) is 12.5. The molecule has 0 fully saturated rings. The quantitative estimate of drug-likeness (QED) is 0.645. The van der Waals surface area contributed by atoms with Crippen LogP contribution in [0.15, 0.2) is 4.52 Å². The fourth-order valence-electron chi connectivity index (χ4n) is 1.76. The number of rotatable bonds is 5. The number of aryl methyl sites for hydroxylation is 1. The lowest BCUT2D eigenvalue weighted by Crippen LogP contribution is -2.43.